The van der Waals surface area contributed by atoms with Crippen molar-refractivity contribution in [1.82, 2.24) is 9.78 Å². The first-order valence-corrected chi connectivity index (χ1v) is 9.84. The molecule has 1 heterocycles. The van der Waals surface area contributed by atoms with Crippen LogP contribution in [-0.2, 0) is 9.53 Å². The Kier molecular flexibility index (Phi) is 7.13. The number of nitro groups is 1. The number of esters is 1. The summed E-state index contributed by atoms with van der Waals surface area (Å²) in [5.41, 5.74) is 0.554. The number of hydrogen-bond donors (Lipinski definition) is 1. The smallest absolute Gasteiger partial charge is 0.362 e. The van der Waals surface area contributed by atoms with E-state index in [1.54, 1.807) is 31.2 Å². The van der Waals surface area contributed by atoms with Gasteiger partial charge in [0, 0.05) is 17.8 Å². The van der Waals surface area contributed by atoms with Crippen molar-refractivity contribution >= 4 is 23.3 Å². The lowest BCUT2D eigenvalue weighted by atomic mass is 10.2. The van der Waals surface area contributed by atoms with Gasteiger partial charge in [0.1, 0.15) is 0 Å². The predicted molar refractivity (Wildman–Crippen MR) is 118 cm³/mol. The summed E-state index contributed by atoms with van der Waals surface area (Å²) >= 11 is 0. The van der Waals surface area contributed by atoms with E-state index < -0.39 is 29.0 Å². The third-order valence-corrected chi connectivity index (χ3v) is 4.34. The number of carbonyl (C=O) groups is 2. The maximum Gasteiger partial charge on any atom is 0.362 e. The highest BCUT2D eigenvalue weighted by Gasteiger charge is 2.21. The fraction of sp³-hybridized carbons (Fsp3) is 0.182. The second-order valence-electron chi connectivity index (χ2n) is 6.81. The van der Waals surface area contributed by atoms with Gasteiger partial charge in [-0.1, -0.05) is 23.8 Å². The van der Waals surface area contributed by atoms with E-state index >= 15 is 0 Å². The number of aromatic nitrogens is 2. The van der Waals surface area contributed by atoms with Crippen LogP contribution in [0.4, 0.5) is 11.4 Å². The Balaban J connectivity index is 1.83. The maximum atomic E-state index is 12.6. The minimum Gasteiger partial charge on any atom is -0.481 e. The van der Waals surface area contributed by atoms with Crippen molar-refractivity contribution in [2.75, 3.05) is 18.5 Å². The monoisotopic (exact) mass is 452 g/mol. The number of non-ortho nitro benzene ring substituents is 1. The van der Waals surface area contributed by atoms with Crippen LogP contribution in [0.15, 0.2) is 59.4 Å². The molecular formula is C22H20N4O7. The Morgan fingerprint density at radius 2 is 1.88 bits per heavy atom. The number of nitrogens with one attached hydrogen (secondary N) is 1. The molecule has 0 saturated heterocycles. The lowest BCUT2D eigenvalue weighted by Gasteiger charge is -2.13. The van der Waals surface area contributed by atoms with Gasteiger partial charge in [0.25, 0.3) is 17.2 Å². The van der Waals surface area contributed by atoms with E-state index in [1.165, 1.54) is 24.3 Å². The molecule has 3 rings (SSSR count). The number of amides is 1. The van der Waals surface area contributed by atoms with Gasteiger partial charge in [-0.05, 0) is 32.0 Å². The van der Waals surface area contributed by atoms with Gasteiger partial charge in [0.2, 0.25) is 5.69 Å². The van der Waals surface area contributed by atoms with Crippen molar-refractivity contribution < 1.29 is 24.0 Å². The first-order chi connectivity index (χ1) is 15.8. The van der Waals surface area contributed by atoms with Crippen LogP contribution < -0.4 is 15.6 Å². The molecule has 0 radical (unpaired) electrons. The average molecular weight is 452 g/mol. The third-order valence-electron chi connectivity index (χ3n) is 4.34. The van der Waals surface area contributed by atoms with Crippen LogP contribution in [0.3, 0.4) is 0 Å². The van der Waals surface area contributed by atoms with Crippen molar-refractivity contribution in [3.63, 3.8) is 0 Å². The van der Waals surface area contributed by atoms with E-state index in [4.69, 9.17) is 9.47 Å². The Hall–Kier alpha value is -4.54. The normalized spacial score (nSPS) is 10.4. The first kappa shape index (κ1) is 23.1. The van der Waals surface area contributed by atoms with Crippen LogP contribution in [0.5, 0.6) is 5.75 Å². The number of ether oxygens (including phenoxy) is 2. The van der Waals surface area contributed by atoms with Crippen LogP contribution >= 0.6 is 0 Å². The number of hydrogen-bond acceptors (Lipinski definition) is 8. The highest BCUT2D eigenvalue weighted by atomic mass is 16.6. The van der Waals surface area contributed by atoms with Gasteiger partial charge in [0.15, 0.2) is 12.4 Å². The second-order valence-corrected chi connectivity index (χ2v) is 6.81. The van der Waals surface area contributed by atoms with Crippen LogP contribution in [-0.4, -0.2) is 39.8 Å². The molecule has 1 amide bonds. The molecule has 0 saturated carbocycles. The number of anilines is 1. The molecule has 2 aromatic carbocycles. The maximum absolute atomic E-state index is 12.6. The number of nitrogens with zero attached hydrogens (tertiary/aromatic N) is 3. The first-order valence-electron chi connectivity index (χ1n) is 9.84. The van der Waals surface area contributed by atoms with Crippen molar-refractivity contribution in [3.05, 3.63) is 86.3 Å². The molecule has 11 heteroatoms. The Bertz CT molecular complexity index is 1250. The van der Waals surface area contributed by atoms with Crippen LogP contribution in [0.1, 0.15) is 23.0 Å². The number of carbonyl (C=O) groups excluding carboxylic acids is 2. The van der Waals surface area contributed by atoms with E-state index in [0.29, 0.717) is 5.69 Å². The molecule has 0 unspecified atom stereocenters. The number of nitro benzene ring substituents is 1. The van der Waals surface area contributed by atoms with Crippen molar-refractivity contribution in [1.29, 1.82) is 0 Å². The molecule has 0 aliphatic carbocycles. The van der Waals surface area contributed by atoms with Gasteiger partial charge in [-0.15, -0.1) is 0 Å². The minimum absolute atomic E-state index is 0.0664. The molecule has 170 valence electrons. The number of aryl methyl sites for hydroxylation is 1. The fourth-order valence-corrected chi connectivity index (χ4v) is 2.80. The highest BCUT2D eigenvalue weighted by Crippen LogP contribution is 2.19. The van der Waals surface area contributed by atoms with E-state index in [2.05, 4.69) is 10.4 Å². The van der Waals surface area contributed by atoms with Gasteiger partial charge in [0.05, 0.1) is 23.3 Å². The van der Waals surface area contributed by atoms with E-state index in [1.807, 2.05) is 6.92 Å². The lowest BCUT2D eigenvalue weighted by molar-refractivity contribution is -0.384. The molecule has 1 aromatic heterocycles. The van der Waals surface area contributed by atoms with Gasteiger partial charge < -0.3 is 14.8 Å². The molecule has 11 nitrogen and oxygen atoms in total. The fourth-order valence-electron chi connectivity index (χ4n) is 2.80. The van der Waals surface area contributed by atoms with Crippen LogP contribution in [0, 0.1) is 17.0 Å². The summed E-state index contributed by atoms with van der Waals surface area (Å²) in [6.45, 7) is 2.99. The van der Waals surface area contributed by atoms with Gasteiger partial charge in [-0.3, -0.25) is 19.7 Å². The molecular weight excluding hydrogens is 432 g/mol. The Morgan fingerprint density at radius 1 is 1.15 bits per heavy atom. The van der Waals surface area contributed by atoms with Crippen LogP contribution in [0.2, 0.25) is 0 Å². The van der Waals surface area contributed by atoms with E-state index in [0.717, 1.165) is 16.3 Å². The third kappa shape index (κ3) is 5.79. The van der Waals surface area contributed by atoms with Crippen LogP contribution in [0.25, 0.3) is 5.69 Å². The number of benzene rings is 2. The summed E-state index contributed by atoms with van der Waals surface area (Å²) in [4.78, 5) is 47.5. The summed E-state index contributed by atoms with van der Waals surface area (Å²) in [7, 11) is 0. The summed E-state index contributed by atoms with van der Waals surface area (Å²) in [6.07, 6.45) is 0. The van der Waals surface area contributed by atoms with Crippen molar-refractivity contribution in [2.45, 2.75) is 13.8 Å². The molecule has 0 fully saturated rings. The molecule has 0 atom stereocenters. The largest absolute Gasteiger partial charge is 0.481 e. The van der Waals surface area contributed by atoms with Gasteiger partial charge in [-0.25, -0.2) is 4.79 Å². The molecule has 0 aliphatic rings. The molecule has 0 aliphatic heterocycles. The second kappa shape index (κ2) is 10.2. The highest BCUT2D eigenvalue weighted by molar-refractivity contribution is 5.93. The molecule has 33 heavy (non-hydrogen) atoms. The predicted octanol–water partition coefficient (Wildman–Crippen LogP) is 2.64. The zero-order valence-corrected chi connectivity index (χ0v) is 17.8. The molecule has 3 aromatic rings. The molecule has 1 N–H and O–H groups in total. The summed E-state index contributed by atoms with van der Waals surface area (Å²) in [6, 6.07) is 13.3. The van der Waals surface area contributed by atoms with E-state index in [9.17, 15) is 24.5 Å². The number of rotatable bonds is 8. The lowest BCUT2D eigenvalue weighted by Crippen LogP contribution is -2.27. The SMILES string of the molecule is CCOC(=O)c1nn(-c2ccc(C)cc2)c(=O)cc1OCC(=O)Nc1cccc([N+](=O)[O-])c1. The Morgan fingerprint density at radius 3 is 2.55 bits per heavy atom. The summed E-state index contributed by atoms with van der Waals surface area (Å²) < 4.78 is 11.4. The van der Waals surface area contributed by atoms with Crippen molar-refractivity contribution in [2.24, 2.45) is 0 Å². The van der Waals surface area contributed by atoms with Gasteiger partial charge in [-0.2, -0.15) is 9.78 Å². The Labute approximate surface area is 187 Å². The average Bonchev–Trinajstić information content (AvgIpc) is 2.78. The minimum atomic E-state index is -0.826. The summed E-state index contributed by atoms with van der Waals surface area (Å²) in [5.74, 6) is -1.71. The van der Waals surface area contributed by atoms with Gasteiger partial charge >= 0.3 is 5.97 Å². The molecule has 0 spiro atoms. The zero-order valence-electron chi connectivity index (χ0n) is 17.8. The quantitative estimate of drug-likeness (QED) is 0.312. The topological polar surface area (TPSA) is 143 Å². The van der Waals surface area contributed by atoms with Crippen molar-refractivity contribution in [3.8, 4) is 11.4 Å². The van der Waals surface area contributed by atoms with E-state index in [-0.39, 0.29) is 29.4 Å². The molecule has 0 bridgehead atoms. The summed E-state index contributed by atoms with van der Waals surface area (Å²) in [5, 5.41) is 17.4. The standard InChI is InChI=1S/C22H20N4O7/c1-3-32-22(29)21-18(12-20(28)25(24-21)16-9-7-14(2)8-10-16)33-13-19(27)23-15-5-4-6-17(11-15)26(30)31/h4-12H,3,13H2,1-2H3,(H,23,27). The zero-order chi connectivity index (χ0) is 24.0.